The van der Waals surface area contributed by atoms with Crippen LogP contribution in [0.15, 0.2) is 79.0 Å². The molecule has 0 atom stereocenters. The second kappa shape index (κ2) is 8.23. The first kappa shape index (κ1) is 20.4. The number of para-hydroxylation sites is 1. The Morgan fingerprint density at radius 2 is 1.82 bits per heavy atom. The summed E-state index contributed by atoms with van der Waals surface area (Å²) in [6.07, 6.45) is 2.36. The molecule has 0 spiro atoms. The van der Waals surface area contributed by atoms with Crippen molar-refractivity contribution in [3.05, 3.63) is 100 Å². The van der Waals surface area contributed by atoms with E-state index >= 15 is 0 Å². The zero-order chi connectivity index (χ0) is 22.9. The summed E-state index contributed by atoms with van der Waals surface area (Å²) < 4.78 is 6.93. The number of carbonyl (C=O) groups excluding carboxylic acids is 1. The lowest BCUT2D eigenvalue weighted by molar-refractivity contribution is -0.384. The summed E-state index contributed by atoms with van der Waals surface area (Å²) in [5.74, 6) is 0.456. The van der Waals surface area contributed by atoms with Gasteiger partial charge in [0.25, 0.3) is 11.6 Å². The highest BCUT2D eigenvalue weighted by atomic mass is 16.6. The molecule has 5 rings (SSSR count). The van der Waals surface area contributed by atoms with Crippen molar-refractivity contribution in [2.75, 3.05) is 18.6 Å². The minimum absolute atomic E-state index is 0.0381. The number of hydrogen-bond acceptors (Lipinski definition) is 5. The maximum Gasteiger partial charge on any atom is 0.271 e. The highest BCUT2D eigenvalue weighted by Gasteiger charge is 2.30. The smallest absolute Gasteiger partial charge is 0.271 e. The molecular weight excluding hydrogens is 420 g/mol. The van der Waals surface area contributed by atoms with Crippen LogP contribution in [0.4, 0.5) is 11.4 Å². The Morgan fingerprint density at radius 3 is 2.52 bits per heavy atom. The molecule has 0 N–H and O–H groups in total. The van der Waals surface area contributed by atoms with Crippen LogP contribution in [0.5, 0.6) is 5.75 Å². The van der Waals surface area contributed by atoms with Gasteiger partial charge in [-0.2, -0.15) is 5.10 Å². The van der Waals surface area contributed by atoms with E-state index in [1.165, 1.54) is 12.1 Å². The van der Waals surface area contributed by atoms with E-state index in [1.54, 1.807) is 29.0 Å². The first-order valence-corrected chi connectivity index (χ1v) is 10.4. The van der Waals surface area contributed by atoms with E-state index in [9.17, 15) is 14.9 Å². The van der Waals surface area contributed by atoms with E-state index in [0.29, 0.717) is 35.7 Å². The first-order chi connectivity index (χ1) is 16.0. The second-order valence-corrected chi connectivity index (χ2v) is 7.68. The molecule has 33 heavy (non-hydrogen) atoms. The van der Waals surface area contributed by atoms with Gasteiger partial charge >= 0.3 is 0 Å². The van der Waals surface area contributed by atoms with Crippen molar-refractivity contribution in [1.82, 2.24) is 9.78 Å². The third-order valence-corrected chi connectivity index (χ3v) is 5.75. The van der Waals surface area contributed by atoms with Gasteiger partial charge in [0, 0.05) is 30.4 Å². The molecule has 0 unspecified atom stereocenters. The molecule has 0 fully saturated rings. The molecule has 164 valence electrons. The lowest BCUT2D eigenvalue weighted by atomic mass is 10.1. The fraction of sp³-hybridized carbons (Fsp3) is 0.120. The highest BCUT2D eigenvalue weighted by Crippen LogP contribution is 2.34. The molecular formula is C25H20N4O4. The van der Waals surface area contributed by atoms with E-state index in [-0.39, 0.29) is 11.6 Å². The number of nitro benzene ring substituents is 1. The van der Waals surface area contributed by atoms with E-state index < -0.39 is 4.92 Å². The number of hydrogen-bond donors (Lipinski definition) is 0. The molecule has 8 nitrogen and oxygen atoms in total. The van der Waals surface area contributed by atoms with Crippen LogP contribution in [0.25, 0.3) is 16.9 Å². The van der Waals surface area contributed by atoms with Gasteiger partial charge in [0.15, 0.2) is 0 Å². The molecule has 8 heteroatoms. The molecule has 1 aliphatic heterocycles. The van der Waals surface area contributed by atoms with Crippen LogP contribution < -0.4 is 9.64 Å². The minimum atomic E-state index is -0.447. The Hall–Kier alpha value is -4.46. The van der Waals surface area contributed by atoms with E-state index in [2.05, 4.69) is 0 Å². The maximum absolute atomic E-state index is 13.7. The van der Waals surface area contributed by atoms with Crippen molar-refractivity contribution in [2.24, 2.45) is 0 Å². The van der Waals surface area contributed by atoms with Gasteiger partial charge in [-0.15, -0.1) is 0 Å². The van der Waals surface area contributed by atoms with Crippen molar-refractivity contribution in [3.63, 3.8) is 0 Å². The molecule has 0 radical (unpaired) electrons. The second-order valence-electron chi connectivity index (χ2n) is 7.68. The summed E-state index contributed by atoms with van der Waals surface area (Å²) in [5.41, 5.74) is 3.99. The number of fused-ring (bicyclic) bond motifs is 1. The first-order valence-electron chi connectivity index (χ1n) is 10.4. The third kappa shape index (κ3) is 3.71. The van der Waals surface area contributed by atoms with Crippen LogP contribution in [0.2, 0.25) is 0 Å². The lowest BCUT2D eigenvalue weighted by Gasteiger charge is -2.17. The van der Waals surface area contributed by atoms with Crippen molar-refractivity contribution in [2.45, 2.75) is 6.42 Å². The molecule has 0 saturated heterocycles. The van der Waals surface area contributed by atoms with Gasteiger partial charge < -0.3 is 9.64 Å². The normalized spacial score (nSPS) is 12.5. The number of amides is 1. The Morgan fingerprint density at radius 1 is 1.06 bits per heavy atom. The zero-order valence-electron chi connectivity index (χ0n) is 17.8. The fourth-order valence-corrected chi connectivity index (χ4v) is 4.04. The standard InChI is InChI=1S/C25H20N4O4/c1-33-21-11-8-18(9-12-21)24-22(16-28(26-24)19-5-3-2-4-6-19)25(30)27-14-13-17-7-10-20(29(31)32)15-23(17)27/h2-12,15-16H,13-14H2,1H3. The average molecular weight is 440 g/mol. The number of nitro groups is 1. The Kier molecular flexibility index (Phi) is 5.10. The monoisotopic (exact) mass is 440 g/mol. The van der Waals surface area contributed by atoms with Crippen LogP contribution in [-0.2, 0) is 6.42 Å². The van der Waals surface area contributed by atoms with Crippen molar-refractivity contribution >= 4 is 17.3 Å². The van der Waals surface area contributed by atoms with Crippen LogP contribution in [0.3, 0.4) is 0 Å². The number of aromatic nitrogens is 2. The molecule has 4 aromatic rings. The van der Waals surface area contributed by atoms with Gasteiger partial charge in [-0.05, 0) is 48.4 Å². The van der Waals surface area contributed by atoms with Gasteiger partial charge in [-0.3, -0.25) is 14.9 Å². The maximum atomic E-state index is 13.7. The predicted octanol–water partition coefficient (Wildman–Crippen LogP) is 4.66. The fourth-order valence-electron chi connectivity index (χ4n) is 4.04. The van der Waals surface area contributed by atoms with Crippen LogP contribution >= 0.6 is 0 Å². The zero-order valence-corrected chi connectivity index (χ0v) is 17.8. The molecule has 0 saturated carbocycles. The molecule has 0 aliphatic carbocycles. The number of rotatable bonds is 5. The van der Waals surface area contributed by atoms with Gasteiger partial charge in [0.2, 0.25) is 0 Å². The summed E-state index contributed by atoms with van der Waals surface area (Å²) >= 11 is 0. The number of non-ortho nitro benzene ring substituents is 1. The number of benzene rings is 3. The number of ether oxygens (including phenoxy) is 1. The SMILES string of the molecule is COc1ccc(-c2nn(-c3ccccc3)cc2C(=O)N2CCc3ccc([N+](=O)[O-])cc32)cc1. The highest BCUT2D eigenvalue weighted by molar-refractivity contribution is 6.10. The largest absolute Gasteiger partial charge is 0.497 e. The Bertz CT molecular complexity index is 1350. The van der Waals surface area contributed by atoms with Crippen molar-refractivity contribution < 1.29 is 14.5 Å². The number of carbonyl (C=O) groups is 1. The van der Waals surface area contributed by atoms with E-state index in [0.717, 1.165) is 16.8 Å². The predicted molar refractivity (Wildman–Crippen MR) is 124 cm³/mol. The van der Waals surface area contributed by atoms with E-state index in [1.807, 2.05) is 54.6 Å². The van der Waals surface area contributed by atoms with Gasteiger partial charge in [-0.1, -0.05) is 24.3 Å². The molecule has 1 aliphatic rings. The summed E-state index contributed by atoms with van der Waals surface area (Å²) in [7, 11) is 1.60. The molecule has 0 bridgehead atoms. The van der Waals surface area contributed by atoms with E-state index in [4.69, 9.17) is 9.84 Å². The van der Waals surface area contributed by atoms with Crippen molar-refractivity contribution in [3.8, 4) is 22.7 Å². The Balaban J connectivity index is 1.60. The quantitative estimate of drug-likeness (QED) is 0.333. The summed E-state index contributed by atoms with van der Waals surface area (Å²) in [6.45, 7) is 0.452. The lowest BCUT2D eigenvalue weighted by Crippen LogP contribution is -2.29. The van der Waals surface area contributed by atoms with Crippen LogP contribution in [-0.4, -0.2) is 34.3 Å². The molecule has 2 heterocycles. The van der Waals surface area contributed by atoms with Gasteiger partial charge in [-0.25, -0.2) is 4.68 Å². The number of anilines is 1. The molecule has 1 amide bonds. The van der Waals surface area contributed by atoms with Gasteiger partial charge in [0.1, 0.15) is 11.4 Å². The summed E-state index contributed by atoms with van der Waals surface area (Å²) in [6, 6.07) is 21.6. The molecule has 3 aromatic carbocycles. The third-order valence-electron chi connectivity index (χ3n) is 5.75. The average Bonchev–Trinajstić information content (AvgIpc) is 3.49. The van der Waals surface area contributed by atoms with Crippen LogP contribution in [0.1, 0.15) is 15.9 Å². The van der Waals surface area contributed by atoms with Gasteiger partial charge in [0.05, 0.1) is 29.0 Å². The number of nitrogens with zero attached hydrogens (tertiary/aromatic N) is 4. The minimum Gasteiger partial charge on any atom is -0.497 e. The van der Waals surface area contributed by atoms with Crippen molar-refractivity contribution in [1.29, 1.82) is 0 Å². The van der Waals surface area contributed by atoms with Crippen LogP contribution in [0, 0.1) is 10.1 Å². The topological polar surface area (TPSA) is 90.5 Å². The molecule has 1 aromatic heterocycles. The summed E-state index contributed by atoms with van der Waals surface area (Å²) in [5, 5.41) is 16.0. The summed E-state index contributed by atoms with van der Waals surface area (Å²) in [4.78, 5) is 26.2. The Labute approximate surface area is 189 Å². The number of methoxy groups -OCH3 is 1.